The Balaban J connectivity index is 2.13. The number of amides is 2. The van der Waals surface area contributed by atoms with Gasteiger partial charge >= 0.3 is 0 Å². The van der Waals surface area contributed by atoms with Gasteiger partial charge in [-0.25, -0.2) is 0 Å². The molecule has 35 heavy (non-hydrogen) atoms. The van der Waals surface area contributed by atoms with Crippen molar-refractivity contribution in [3.63, 3.8) is 0 Å². The highest BCUT2D eigenvalue weighted by molar-refractivity contribution is 5.96. The number of hydrogen-bond acceptors (Lipinski definition) is 8. The van der Waals surface area contributed by atoms with Gasteiger partial charge in [-0.2, -0.15) is 0 Å². The van der Waals surface area contributed by atoms with Gasteiger partial charge in [-0.15, -0.1) is 0 Å². The zero-order valence-corrected chi connectivity index (χ0v) is 20.5. The monoisotopic (exact) mass is 490 g/mol. The number of allylic oxidation sites excluding steroid dienone is 1. The largest absolute Gasteiger partial charge is 0.493 e. The van der Waals surface area contributed by atoms with E-state index in [1.807, 2.05) is 0 Å². The van der Waals surface area contributed by atoms with Gasteiger partial charge in [-0.05, 0) is 37.6 Å². The summed E-state index contributed by atoms with van der Waals surface area (Å²) in [5, 5.41) is 33.1. The molecular formula is C25H34N2O8. The van der Waals surface area contributed by atoms with Crippen molar-refractivity contribution in [3.8, 4) is 11.5 Å². The third-order valence-electron chi connectivity index (χ3n) is 6.09. The Labute approximate surface area is 204 Å². The molecule has 1 heterocycles. The standard InChI is InChI=1S/C25H34N2O8/c1-14(2)9-20(30)27(6-8-33-3)18-12-17(25(32)26-5-7-28)21-16-10-15(13-29)11-19(34-4)23(16)35-24(21)22(18)31/h9-12,18,21-22,24,28-29,31H,5-8,13H2,1-4H3,(H,26,32). The fourth-order valence-electron chi connectivity index (χ4n) is 4.54. The smallest absolute Gasteiger partial charge is 0.247 e. The van der Waals surface area contributed by atoms with Gasteiger partial charge in [0.05, 0.1) is 38.9 Å². The lowest BCUT2D eigenvalue weighted by molar-refractivity contribution is -0.133. The van der Waals surface area contributed by atoms with Crippen LogP contribution in [0.4, 0.5) is 0 Å². The van der Waals surface area contributed by atoms with E-state index < -0.39 is 30.1 Å². The molecule has 1 aromatic carbocycles. The van der Waals surface area contributed by atoms with Crippen LogP contribution in [0.15, 0.2) is 35.4 Å². The third-order valence-corrected chi connectivity index (χ3v) is 6.09. The zero-order chi connectivity index (χ0) is 25.7. The first-order valence-electron chi connectivity index (χ1n) is 11.5. The molecule has 1 aliphatic heterocycles. The highest BCUT2D eigenvalue weighted by atomic mass is 16.5. The molecule has 0 radical (unpaired) electrons. The van der Waals surface area contributed by atoms with Gasteiger partial charge in [-0.1, -0.05) is 5.57 Å². The maximum Gasteiger partial charge on any atom is 0.247 e. The Morgan fingerprint density at radius 2 is 1.97 bits per heavy atom. The number of methoxy groups -OCH3 is 2. The summed E-state index contributed by atoms with van der Waals surface area (Å²) in [5.41, 5.74) is 2.25. The van der Waals surface area contributed by atoms with E-state index in [9.17, 15) is 24.9 Å². The summed E-state index contributed by atoms with van der Waals surface area (Å²) in [7, 11) is 2.98. The Hall–Kier alpha value is -2.92. The molecule has 0 bridgehead atoms. The van der Waals surface area contributed by atoms with Gasteiger partial charge in [0.15, 0.2) is 11.5 Å². The predicted octanol–water partition coefficient (Wildman–Crippen LogP) is 0.251. The van der Waals surface area contributed by atoms with E-state index >= 15 is 0 Å². The van der Waals surface area contributed by atoms with Crippen molar-refractivity contribution in [1.82, 2.24) is 10.2 Å². The Bertz CT molecular complexity index is 1000. The van der Waals surface area contributed by atoms with E-state index in [1.54, 1.807) is 32.1 Å². The number of fused-ring (bicyclic) bond motifs is 3. The van der Waals surface area contributed by atoms with E-state index in [0.717, 1.165) is 5.57 Å². The van der Waals surface area contributed by atoms with Gasteiger partial charge in [0.2, 0.25) is 11.8 Å². The van der Waals surface area contributed by atoms with Crippen LogP contribution in [-0.2, 0) is 20.9 Å². The van der Waals surface area contributed by atoms with E-state index in [4.69, 9.17) is 14.2 Å². The lowest BCUT2D eigenvalue weighted by Crippen LogP contribution is -2.56. The van der Waals surface area contributed by atoms with Crippen LogP contribution >= 0.6 is 0 Å². The van der Waals surface area contributed by atoms with Gasteiger partial charge in [-0.3, -0.25) is 9.59 Å². The molecule has 10 heteroatoms. The summed E-state index contributed by atoms with van der Waals surface area (Å²) in [4.78, 5) is 27.7. The summed E-state index contributed by atoms with van der Waals surface area (Å²) in [5.74, 6) is -0.696. The summed E-state index contributed by atoms with van der Waals surface area (Å²) in [6.45, 7) is 3.56. The number of aliphatic hydroxyl groups excluding tert-OH is 3. The first kappa shape index (κ1) is 26.7. The fraction of sp³-hybridized carbons (Fsp3) is 0.520. The van der Waals surface area contributed by atoms with Crippen LogP contribution in [0.25, 0.3) is 0 Å². The van der Waals surface area contributed by atoms with E-state index in [1.165, 1.54) is 25.2 Å². The number of carbonyl (C=O) groups excluding carboxylic acids is 2. The lowest BCUT2D eigenvalue weighted by Gasteiger charge is -2.40. The van der Waals surface area contributed by atoms with Crippen LogP contribution in [0, 0.1) is 0 Å². The minimum absolute atomic E-state index is 0.0403. The topological polar surface area (TPSA) is 138 Å². The molecule has 4 unspecified atom stereocenters. The zero-order valence-electron chi connectivity index (χ0n) is 20.5. The van der Waals surface area contributed by atoms with Crippen molar-refractivity contribution >= 4 is 11.8 Å². The Kier molecular flexibility index (Phi) is 8.90. The van der Waals surface area contributed by atoms with Crippen LogP contribution in [0.3, 0.4) is 0 Å². The van der Waals surface area contributed by atoms with E-state index in [-0.39, 0.29) is 38.8 Å². The highest BCUT2D eigenvalue weighted by Crippen LogP contribution is 2.51. The predicted molar refractivity (Wildman–Crippen MR) is 127 cm³/mol. The van der Waals surface area contributed by atoms with Gasteiger partial charge in [0.1, 0.15) is 12.2 Å². The minimum Gasteiger partial charge on any atom is -0.493 e. The summed E-state index contributed by atoms with van der Waals surface area (Å²) in [6.07, 6.45) is 0.994. The first-order chi connectivity index (χ1) is 16.8. The van der Waals surface area contributed by atoms with Crippen molar-refractivity contribution in [3.05, 3.63) is 46.6 Å². The average molecular weight is 491 g/mol. The van der Waals surface area contributed by atoms with Crippen molar-refractivity contribution in [2.24, 2.45) is 0 Å². The van der Waals surface area contributed by atoms with Gasteiger partial charge < -0.3 is 39.7 Å². The first-order valence-corrected chi connectivity index (χ1v) is 11.5. The molecule has 0 saturated carbocycles. The van der Waals surface area contributed by atoms with Crippen molar-refractivity contribution in [1.29, 1.82) is 0 Å². The molecule has 4 N–H and O–H groups in total. The molecule has 2 amide bonds. The molecule has 0 fully saturated rings. The second kappa shape index (κ2) is 11.7. The number of carbonyl (C=O) groups is 2. The van der Waals surface area contributed by atoms with Gasteiger partial charge in [0, 0.05) is 37.4 Å². The summed E-state index contributed by atoms with van der Waals surface area (Å²) >= 11 is 0. The second-order valence-corrected chi connectivity index (χ2v) is 8.76. The number of benzene rings is 1. The number of hydrogen-bond donors (Lipinski definition) is 4. The van der Waals surface area contributed by atoms with Crippen LogP contribution in [0.5, 0.6) is 11.5 Å². The molecular weight excluding hydrogens is 456 g/mol. The normalized spacial score (nSPS) is 22.3. The molecule has 0 saturated heterocycles. The molecule has 1 aliphatic carbocycles. The molecule has 3 rings (SSSR count). The van der Waals surface area contributed by atoms with Crippen molar-refractivity contribution in [2.75, 3.05) is 40.5 Å². The number of rotatable bonds is 10. The van der Waals surface area contributed by atoms with Crippen molar-refractivity contribution < 1.29 is 39.1 Å². The molecule has 4 atom stereocenters. The Morgan fingerprint density at radius 3 is 2.57 bits per heavy atom. The molecule has 192 valence electrons. The summed E-state index contributed by atoms with van der Waals surface area (Å²) < 4.78 is 16.8. The SMILES string of the molecule is COCCN(C(=O)C=C(C)C)C1C=C(C(=O)NCCO)C2c3cc(CO)cc(OC)c3OC2C1O. The number of nitrogens with zero attached hydrogens (tertiary/aromatic N) is 1. The second-order valence-electron chi connectivity index (χ2n) is 8.76. The van der Waals surface area contributed by atoms with E-state index in [2.05, 4.69) is 5.32 Å². The lowest BCUT2D eigenvalue weighted by atomic mass is 9.77. The minimum atomic E-state index is -1.17. The maximum absolute atomic E-state index is 13.2. The molecule has 0 spiro atoms. The molecule has 2 aliphatic rings. The van der Waals surface area contributed by atoms with E-state index in [0.29, 0.717) is 28.2 Å². The van der Waals surface area contributed by atoms with Crippen molar-refractivity contribution in [2.45, 2.75) is 44.6 Å². The van der Waals surface area contributed by atoms with Crippen LogP contribution < -0.4 is 14.8 Å². The fourth-order valence-corrected chi connectivity index (χ4v) is 4.54. The van der Waals surface area contributed by atoms with Crippen LogP contribution in [0.2, 0.25) is 0 Å². The van der Waals surface area contributed by atoms with Crippen LogP contribution in [-0.4, -0.2) is 90.8 Å². The molecule has 0 aromatic heterocycles. The van der Waals surface area contributed by atoms with Crippen LogP contribution in [0.1, 0.15) is 30.9 Å². The third kappa shape index (κ3) is 5.51. The summed E-state index contributed by atoms with van der Waals surface area (Å²) in [6, 6.07) is 2.49. The van der Waals surface area contributed by atoms with Gasteiger partial charge in [0.25, 0.3) is 0 Å². The maximum atomic E-state index is 13.2. The quantitative estimate of drug-likeness (QED) is 0.343. The highest BCUT2D eigenvalue weighted by Gasteiger charge is 2.51. The number of aliphatic hydroxyl groups is 3. The number of ether oxygens (including phenoxy) is 3. The Morgan fingerprint density at radius 1 is 1.23 bits per heavy atom. The average Bonchev–Trinajstić information content (AvgIpc) is 3.22. The molecule has 1 aromatic rings. The molecule has 10 nitrogen and oxygen atoms in total. The number of nitrogens with one attached hydrogen (secondary N) is 1.